The van der Waals surface area contributed by atoms with Gasteiger partial charge in [-0.05, 0) is 77.7 Å². The smallest absolute Gasteiger partial charge is 0.271 e. The van der Waals surface area contributed by atoms with E-state index in [-0.39, 0.29) is 11.6 Å². The van der Waals surface area contributed by atoms with Crippen molar-refractivity contribution in [3.05, 3.63) is 138 Å². The lowest BCUT2D eigenvalue weighted by molar-refractivity contribution is 0.466. The topological polar surface area (TPSA) is 76.2 Å². The first-order valence-corrected chi connectivity index (χ1v) is 15.2. The number of halogens is 1. The van der Waals surface area contributed by atoms with Crippen molar-refractivity contribution in [3.8, 4) is 0 Å². The Bertz CT molecular complexity index is 2150. The van der Waals surface area contributed by atoms with Crippen LogP contribution in [0.4, 0.5) is 0 Å². The molecule has 6 aromatic rings. The maximum absolute atomic E-state index is 14.0. The molecule has 0 fully saturated rings. The number of hydrogen-bond acceptors (Lipinski definition) is 6. The number of aromatic nitrogens is 3. The van der Waals surface area contributed by atoms with Crippen molar-refractivity contribution in [1.29, 1.82) is 0 Å². The Labute approximate surface area is 247 Å². The van der Waals surface area contributed by atoms with E-state index < -0.39 is 0 Å². The van der Waals surface area contributed by atoms with Gasteiger partial charge in [-0.15, -0.1) is 0 Å². The molecule has 8 rings (SSSR count). The number of nitrogens with zero attached hydrogens (tertiary/aromatic N) is 3. The van der Waals surface area contributed by atoms with Gasteiger partial charge < -0.3 is 9.40 Å². The molecule has 1 aliphatic carbocycles. The molecule has 2 aliphatic rings. The van der Waals surface area contributed by atoms with Crippen LogP contribution < -0.4 is 14.9 Å². The highest BCUT2D eigenvalue weighted by atomic mass is 35.5. The van der Waals surface area contributed by atoms with Crippen LogP contribution in [0.25, 0.3) is 22.8 Å². The molecule has 1 aliphatic heterocycles. The predicted octanol–water partition coefficient (Wildman–Crippen LogP) is 6.59. The van der Waals surface area contributed by atoms with Crippen molar-refractivity contribution in [3.63, 3.8) is 0 Å². The van der Waals surface area contributed by atoms with Gasteiger partial charge >= 0.3 is 0 Å². The minimum atomic E-state index is -0.246. The van der Waals surface area contributed by atoms with Crippen molar-refractivity contribution in [2.45, 2.75) is 29.1 Å². The minimum absolute atomic E-state index is 0.0815. The van der Waals surface area contributed by atoms with Crippen molar-refractivity contribution in [2.24, 2.45) is 4.99 Å². The van der Waals surface area contributed by atoms with Gasteiger partial charge in [0.05, 0.1) is 27.3 Å². The van der Waals surface area contributed by atoms with Gasteiger partial charge in [-0.3, -0.25) is 9.36 Å². The molecule has 1 atom stereocenters. The van der Waals surface area contributed by atoms with Crippen LogP contribution in [-0.4, -0.2) is 14.5 Å². The summed E-state index contributed by atoms with van der Waals surface area (Å²) in [6.45, 7) is 0. The summed E-state index contributed by atoms with van der Waals surface area (Å²) in [5, 5.41) is 2.10. The molecule has 0 amide bonds. The monoisotopic (exact) mass is 592 g/mol. The third-order valence-corrected chi connectivity index (χ3v) is 9.54. The van der Waals surface area contributed by atoms with Crippen LogP contribution in [0.5, 0.6) is 0 Å². The number of rotatable bonds is 4. The summed E-state index contributed by atoms with van der Waals surface area (Å²) in [4.78, 5) is 27.6. The highest BCUT2D eigenvalue weighted by molar-refractivity contribution is 7.99. The van der Waals surface area contributed by atoms with E-state index in [9.17, 15) is 4.79 Å². The fraction of sp³-hybridized carbons (Fsp3) is 0.0938. The lowest BCUT2D eigenvalue weighted by atomic mass is 9.83. The summed E-state index contributed by atoms with van der Waals surface area (Å²) < 4.78 is 8.50. The van der Waals surface area contributed by atoms with E-state index in [4.69, 9.17) is 21.0 Å². The van der Waals surface area contributed by atoms with Gasteiger partial charge in [0.1, 0.15) is 5.76 Å². The number of aromatic amines is 1. The molecule has 0 unspecified atom stereocenters. The van der Waals surface area contributed by atoms with Crippen LogP contribution in [0.1, 0.15) is 34.9 Å². The van der Waals surface area contributed by atoms with Crippen molar-refractivity contribution in [2.75, 3.05) is 0 Å². The fourth-order valence-electron chi connectivity index (χ4n) is 5.64. The maximum atomic E-state index is 14.0. The number of aryl methyl sites for hydroxylation is 1. The largest absolute Gasteiger partial charge is 0.450 e. The minimum Gasteiger partial charge on any atom is -0.450 e. The highest BCUT2D eigenvalue weighted by Gasteiger charge is 2.32. The van der Waals surface area contributed by atoms with E-state index in [1.807, 2.05) is 71.3 Å². The van der Waals surface area contributed by atoms with Gasteiger partial charge in [0, 0.05) is 16.7 Å². The second kappa shape index (κ2) is 9.76. The summed E-state index contributed by atoms with van der Waals surface area (Å²) in [5.74, 6) is 0.603. The van der Waals surface area contributed by atoms with Gasteiger partial charge in [-0.25, -0.2) is 9.98 Å². The van der Waals surface area contributed by atoms with E-state index in [1.165, 1.54) is 28.7 Å². The number of para-hydroxylation sites is 2. The predicted molar refractivity (Wildman–Crippen MR) is 163 cm³/mol. The number of allylic oxidation sites excluding steroid dienone is 1. The normalized spacial score (nSPS) is 16.4. The average molecular weight is 593 g/mol. The molecule has 200 valence electrons. The van der Waals surface area contributed by atoms with Crippen molar-refractivity contribution < 1.29 is 4.42 Å². The van der Waals surface area contributed by atoms with Gasteiger partial charge in [-0.1, -0.05) is 71.5 Å². The Morgan fingerprint density at radius 2 is 1.83 bits per heavy atom. The molecule has 0 radical (unpaired) electrons. The fourth-order valence-corrected chi connectivity index (χ4v) is 7.51. The number of nitrogens with one attached hydrogen (secondary N) is 1. The molecular weight excluding hydrogens is 572 g/mol. The third kappa shape index (κ3) is 4.30. The number of imidazole rings is 1. The third-order valence-electron chi connectivity index (χ3n) is 7.50. The van der Waals surface area contributed by atoms with Gasteiger partial charge in [0.25, 0.3) is 5.56 Å². The van der Waals surface area contributed by atoms with Crippen LogP contribution in [0, 0.1) is 0 Å². The Hall–Kier alpha value is -4.11. The van der Waals surface area contributed by atoms with Crippen molar-refractivity contribution in [1.82, 2.24) is 14.5 Å². The Morgan fingerprint density at radius 3 is 2.71 bits per heavy atom. The molecule has 3 aromatic heterocycles. The van der Waals surface area contributed by atoms with E-state index in [2.05, 4.69) is 34.2 Å². The van der Waals surface area contributed by atoms with Crippen LogP contribution >= 0.6 is 34.7 Å². The van der Waals surface area contributed by atoms with E-state index in [0.29, 0.717) is 25.2 Å². The second-order valence-corrected chi connectivity index (χ2v) is 12.4. The molecule has 0 saturated heterocycles. The van der Waals surface area contributed by atoms with E-state index in [0.717, 1.165) is 51.4 Å². The standard InChI is InChI=1S/C32H21ClN4O2S2/c33-20-12-9-19(10-13-20)29-23-15-11-18-5-1-2-6-22(18)28(23)36-32-37(29)30(38)26(40-32)17-21-14-16-27(39-21)41-31-34-24-7-3-4-8-25(24)35-31/h1-10,12-14,16-17,29H,11,15H2,(H,34,35)/b26-17-/t29-/m1/s1. The first-order chi connectivity index (χ1) is 20.1. The zero-order valence-corrected chi connectivity index (χ0v) is 23.9. The van der Waals surface area contributed by atoms with Crippen LogP contribution in [0.3, 0.4) is 0 Å². The summed E-state index contributed by atoms with van der Waals surface area (Å²) >= 11 is 9.03. The summed E-state index contributed by atoms with van der Waals surface area (Å²) in [6.07, 6.45) is 3.56. The molecule has 4 heterocycles. The number of benzene rings is 3. The first kappa shape index (κ1) is 24.7. The molecule has 1 N–H and O–H groups in total. The first-order valence-electron chi connectivity index (χ1n) is 13.2. The average Bonchev–Trinajstić information content (AvgIpc) is 3.70. The second-order valence-electron chi connectivity index (χ2n) is 9.98. The quantitative estimate of drug-likeness (QED) is 0.250. The zero-order valence-electron chi connectivity index (χ0n) is 21.5. The number of furan rings is 1. The molecule has 0 bridgehead atoms. The lowest BCUT2D eigenvalue weighted by Gasteiger charge is -2.30. The molecule has 41 heavy (non-hydrogen) atoms. The van der Waals surface area contributed by atoms with E-state index >= 15 is 0 Å². The number of fused-ring (bicyclic) bond motifs is 4. The number of H-pyrrole nitrogens is 1. The molecule has 3 aromatic carbocycles. The van der Waals surface area contributed by atoms with Crippen molar-refractivity contribution >= 4 is 57.5 Å². The molecule has 6 nitrogen and oxygen atoms in total. The van der Waals surface area contributed by atoms with Crippen LogP contribution in [0.15, 0.2) is 115 Å². The molecule has 9 heteroatoms. The Morgan fingerprint density at radius 1 is 1.00 bits per heavy atom. The van der Waals surface area contributed by atoms with Gasteiger partial charge in [-0.2, -0.15) is 0 Å². The summed E-state index contributed by atoms with van der Waals surface area (Å²) in [6, 6.07) is 27.6. The molecule has 0 spiro atoms. The highest BCUT2D eigenvalue weighted by Crippen LogP contribution is 2.41. The lowest BCUT2D eigenvalue weighted by Crippen LogP contribution is -2.38. The number of thiazole rings is 1. The summed E-state index contributed by atoms with van der Waals surface area (Å²) in [5.41, 5.74) is 7.38. The molecule has 0 saturated carbocycles. The van der Waals surface area contributed by atoms with Gasteiger partial charge in [0.2, 0.25) is 0 Å². The number of hydrogen-bond donors (Lipinski definition) is 1. The van der Waals surface area contributed by atoms with Crippen LogP contribution in [-0.2, 0) is 6.42 Å². The Kier molecular flexibility index (Phi) is 5.87. The summed E-state index contributed by atoms with van der Waals surface area (Å²) in [7, 11) is 0. The van der Waals surface area contributed by atoms with Gasteiger partial charge in [0.15, 0.2) is 15.1 Å². The maximum Gasteiger partial charge on any atom is 0.271 e. The van der Waals surface area contributed by atoms with Crippen LogP contribution in [0.2, 0.25) is 5.02 Å². The SMILES string of the molecule is O=c1/c(=C/c2ccc(Sc3nc4ccccc4[nH]3)o2)sc2n1[C@H](c1ccc(Cl)cc1)C1=C(N=2)c2ccccc2CC1. The van der Waals surface area contributed by atoms with E-state index in [1.54, 1.807) is 0 Å². The Balaban J connectivity index is 1.22. The zero-order chi connectivity index (χ0) is 27.5. The molecular formula is C32H21ClN4O2S2.